The number of nitrogens with one attached hydrogen (secondary N) is 2. The Kier molecular flexibility index (Phi) is 19.1. The van der Waals surface area contributed by atoms with Crippen molar-refractivity contribution in [1.82, 2.24) is 24.9 Å². The lowest BCUT2D eigenvalue weighted by molar-refractivity contribution is -0.385. The van der Waals surface area contributed by atoms with Gasteiger partial charge in [0, 0.05) is 24.0 Å². The van der Waals surface area contributed by atoms with E-state index in [0.717, 1.165) is 40.9 Å². The molecule has 0 fully saturated rings. The Bertz CT molecular complexity index is 2400. The number of aromatic nitrogens is 4. The van der Waals surface area contributed by atoms with Gasteiger partial charge in [0.2, 0.25) is 5.75 Å². The Morgan fingerprint density at radius 2 is 1.67 bits per heavy atom. The molecule has 0 aliphatic rings. The molecule has 5 aromatic rings. The molecule has 1 unspecified atom stereocenters. The summed E-state index contributed by atoms with van der Waals surface area (Å²) in [7, 11) is -8.05. The van der Waals surface area contributed by atoms with Crippen LogP contribution in [0.5, 0.6) is 17.2 Å². The Balaban J connectivity index is 0.000000317. The predicted octanol–water partition coefficient (Wildman–Crippen LogP) is 5.63. The molecule has 2 heterocycles. The second kappa shape index (κ2) is 22.4. The maximum absolute atomic E-state index is 13.5. The Labute approximate surface area is 346 Å². The fourth-order valence-corrected chi connectivity index (χ4v) is 5.47. The van der Waals surface area contributed by atoms with Crippen molar-refractivity contribution in [3.63, 3.8) is 0 Å². The van der Waals surface area contributed by atoms with E-state index in [4.69, 9.17) is 31.1 Å². The number of nitro groups is 1. The Morgan fingerprint density at radius 3 is 2.18 bits per heavy atom. The van der Waals surface area contributed by atoms with Crippen molar-refractivity contribution >= 4 is 63.2 Å². The van der Waals surface area contributed by atoms with Crippen molar-refractivity contribution in [2.24, 2.45) is 0 Å². The van der Waals surface area contributed by atoms with Crippen molar-refractivity contribution in [1.29, 1.82) is 0 Å². The Morgan fingerprint density at radius 1 is 1.05 bits per heavy atom. The van der Waals surface area contributed by atoms with E-state index < -0.39 is 75.6 Å². The number of carboxylic acid groups (broad SMARTS) is 1. The lowest BCUT2D eigenvalue weighted by Gasteiger charge is -2.14. The molecule has 1 atom stereocenters. The molecule has 0 amide bonds. The molecule has 0 spiro atoms. The number of hydrogen-bond acceptors (Lipinski definition) is 13. The number of aliphatic carboxylic acids is 1. The zero-order valence-corrected chi connectivity index (χ0v) is 35.1. The highest BCUT2D eigenvalue weighted by Crippen LogP contribution is 2.38. The molecule has 0 aliphatic carbocycles. The summed E-state index contributed by atoms with van der Waals surface area (Å²) in [5.74, 6) is -3.07. The molecule has 0 aliphatic heterocycles. The van der Waals surface area contributed by atoms with E-state index in [0.29, 0.717) is 16.6 Å². The minimum atomic E-state index is -4.52. The number of sulfonamides is 1. The fourth-order valence-electron chi connectivity index (χ4n) is 3.91. The molecule has 0 saturated heterocycles. The van der Waals surface area contributed by atoms with E-state index in [1.165, 1.54) is 24.4 Å². The molecule has 5 rings (SSSR count). The van der Waals surface area contributed by atoms with Crippen molar-refractivity contribution in [3.05, 3.63) is 105 Å². The minimum absolute atomic E-state index is 0.0111. The van der Waals surface area contributed by atoms with Gasteiger partial charge in [-0.15, -0.1) is 5.10 Å². The quantitative estimate of drug-likeness (QED) is 0.0389. The number of nitro benzene ring substituents is 1. The Hall–Kier alpha value is -5.17. The number of hydrogen-bond donors (Lipinski definition) is 4. The van der Waals surface area contributed by atoms with Gasteiger partial charge in [-0.2, -0.15) is 26.6 Å². The third kappa shape index (κ3) is 17.2. The standard InChI is InChI=1S/C15H11ClF3NO4.C12H9F2N5O2S.C3H8NO5P.C3H9S/c1-2-23-14-8-10(4-5-12(14)20(21)22)24-13-6-3-9(7-11(13)16)15(17,18)19;1-7-5-6-19-11(15-7)16-12(17-19)22(20,21)18-10-8(13)3-2-4-9(10)14;5-3(6)1-4-2-10(7,8)9;1-4(2)3/h3-8H,2H2,1H3;2-6,18H,1H3;4H,1-2H2,(H,5,6)(H2,7,8,9);1-3H3/q;;;+1/p-1. The van der Waals surface area contributed by atoms with Crippen molar-refractivity contribution < 1.29 is 69.0 Å². The van der Waals surface area contributed by atoms with Crippen LogP contribution in [0.4, 0.5) is 33.3 Å². The van der Waals surface area contributed by atoms with Crippen LogP contribution in [-0.4, -0.2) is 87.1 Å². The van der Waals surface area contributed by atoms with Gasteiger partial charge in [-0.25, -0.2) is 18.3 Å². The van der Waals surface area contributed by atoms with Crippen LogP contribution in [-0.2, 0) is 36.5 Å². The SMILES string of the molecule is CCOc1cc(Oc2ccc(C(F)(F)F)cc2Cl)ccc1[N+](=O)[O-].C[S+](C)C.Cc1ccn2nc(S(=O)(=O)Nc3c(F)cccc3F)nc2n1.O=C(O)CNCP(=O)([O-])O. The summed E-state index contributed by atoms with van der Waals surface area (Å²) < 4.78 is 113. The number of aryl methyl sites for hydroxylation is 1. The summed E-state index contributed by atoms with van der Waals surface area (Å²) in [4.78, 5) is 45.8. The van der Waals surface area contributed by atoms with Crippen molar-refractivity contribution in [2.75, 3.05) is 42.9 Å². The number of alkyl halides is 3. The van der Waals surface area contributed by atoms with Crippen molar-refractivity contribution in [3.8, 4) is 17.2 Å². The number of carbonyl (C=O) groups is 1. The number of ether oxygens (including phenoxy) is 2. The van der Waals surface area contributed by atoms with Crippen LogP contribution in [0.2, 0.25) is 5.02 Å². The second-order valence-corrected chi connectivity index (χ2v) is 17.8. The van der Waals surface area contributed by atoms with Crippen LogP contribution < -0.4 is 24.4 Å². The smallest absolute Gasteiger partial charge is 0.416 e. The van der Waals surface area contributed by atoms with E-state index in [2.05, 4.69) is 33.8 Å². The van der Waals surface area contributed by atoms with Gasteiger partial charge >= 0.3 is 17.8 Å². The van der Waals surface area contributed by atoms with Gasteiger partial charge in [0.15, 0.2) is 0 Å². The molecule has 18 nitrogen and oxygen atoms in total. The van der Waals surface area contributed by atoms with Crippen molar-refractivity contribution in [2.45, 2.75) is 25.2 Å². The summed E-state index contributed by atoms with van der Waals surface area (Å²) in [5, 5.41) is 23.7. The molecular weight excluding hydrogens is 896 g/mol. The number of benzene rings is 3. The zero-order chi connectivity index (χ0) is 45.6. The number of halogens is 6. The number of carboxylic acids is 1. The lowest BCUT2D eigenvalue weighted by Crippen LogP contribution is -2.25. The number of nitrogens with zero attached hydrogens (tertiary/aromatic N) is 5. The molecule has 27 heteroatoms. The zero-order valence-electron chi connectivity index (χ0n) is 31.8. The first-order valence-corrected chi connectivity index (χ1v) is 22.4. The molecule has 60 heavy (non-hydrogen) atoms. The normalized spacial score (nSPS) is 12.1. The van der Waals surface area contributed by atoms with Crippen LogP contribution in [0.15, 0.2) is 72.0 Å². The molecular formula is C33H36ClF5N7O11PS2. The summed E-state index contributed by atoms with van der Waals surface area (Å²) in [6.45, 7) is 3.08. The van der Waals surface area contributed by atoms with E-state index in [9.17, 15) is 54.7 Å². The number of para-hydroxylation sites is 1. The van der Waals surface area contributed by atoms with Gasteiger partial charge < -0.3 is 28.9 Å². The first-order valence-electron chi connectivity index (χ1n) is 16.3. The third-order valence-electron chi connectivity index (χ3n) is 6.27. The van der Waals surface area contributed by atoms with Gasteiger partial charge in [0.1, 0.15) is 36.4 Å². The average molecular weight is 932 g/mol. The van der Waals surface area contributed by atoms with Gasteiger partial charge in [-0.05, 0) is 67.2 Å². The molecule has 0 saturated carbocycles. The minimum Gasteiger partial charge on any atom is -0.778 e. The second-order valence-electron chi connectivity index (χ2n) is 11.8. The van der Waals surface area contributed by atoms with E-state index in [1.54, 1.807) is 24.6 Å². The molecule has 2 aromatic heterocycles. The lowest BCUT2D eigenvalue weighted by atomic mass is 10.2. The number of fused-ring (bicyclic) bond motifs is 1. The topological polar surface area (TPSA) is 261 Å². The first-order chi connectivity index (χ1) is 27.7. The van der Waals surface area contributed by atoms with Crippen LogP contribution in [0.3, 0.4) is 0 Å². The monoisotopic (exact) mass is 931 g/mol. The number of anilines is 1. The highest BCUT2D eigenvalue weighted by molar-refractivity contribution is 7.94. The van der Waals surface area contributed by atoms with Crippen LogP contribution in [0, 0.1) is 28.7 Å². The van der Waals surface area contributed by atoms with Gasteiger partial charge in [0.25, 0.3) is 21.0 Å². The molecule has 3 aromatic carbocycles. The summed E-state index contributed by atoms with van der Waals surface area (Å²) >= 11 is 5.80. The molecule has 328 valence electrons. The van der Waals surface area contributed by atoms with Gasteiger partial charge in [-0.3, -0.25) is 24.9 Å². The van der Waals surface area contributed by atoms with Crippen LogP contribution >= 0.6 is 19.2 Å². The van der Waals surface area contributed by atoms with Gasteiger partial charge in [-0.1, -0.05) is 17.7 Å². The van der Waals surface area contributed by atoms with E-state index in [-0.39, 0.29) is 40.3 Å². The summed E-state index contributed by atoms with van der Waals surface area (Å²) in [6, 6.07) is 11.0. The van der Waals surface area contributed by atoms with Crippen LogP contribution in [0.25, 0.3) is 5.78 Å². The largest absolute Gasteiger partial charge is 0.778 e. The highest BCUT2D eigenvalue weighted by Gasteiger charge is 2.31. The summed E-state index contributed by atoms with van der Waals surface area (Å²) in [5.41, 5.74) is -1.32. The van der Waals surface area contributed by atoms with E-state index in [1.807, 2.05) is 5.32 Å². The maximum Gasteiger partial charge on any atom is 0.416 e. The molecule has 0 radical (unpaired) electrons. The van der Waals surface area contributed by atoms with Crippen LogP contribution in [0.1, 0.15) is 18.2 Å². The summed E-state index contributed by atoms with van der Waals surface area (Å²) in [6.07, 6.45) is 2.84. The van der Waals surface area contributed by atoms with E-state index >= 15 is 0 Å². The van der Waals surface area contributed by atoms with Gasteiger partial charge in [0.05, 0.1) is 53.7 Å². The average Bonchev–Trinajstić information content (AvgIpc) is 3.55. The predicted molar refractivity (Wildman–Crippen MR) is 209 cm³/mol. The number of rotatable bonds is 12. The first kappa shape index (κ1) is 51.0. The fraction of sp³-hybridized carbons (Fsp3) is 0.273. The third-order valence-corrected chi connectivity index (χ3v) is 8.31. The molecule has 0 bridgehead atoms. The molecule has 4 N–H and O–H groups in total. The maximum atomic E-state index is 13.5. The highest BCUT2D eigenvalue weighted by atomic mass is 35.5.